The van der Waals surface area contributed by atoms with Crippen LogP contribution >= 0.6 is 0 Å². The lowest BCUT2D eigenvalue weighted by Gasteiger charge is -2.28. The van der Waals surface area contributed by atoms with Crippen LogP contribution in [0, 0.1) is 5.82 Å². The Kier molecular flexibility index (Phi) is 5.22. The van der Waals surface area contributed by atoms with Crippen LogP contribution in [0.25, 0.3) is 0 Å². The smallest absolute Gasteiger partial charge is 0.329 e. The van der Waals surface area contributed by atoms with Gasteiger partial charge in [-0.15, -0.1) is 0 Å². The highest BCUT2D eigenvalue weighted by Gasteiger charge is 2.32. The predicted octanol–water partition coefficient (Wildman–Crippen LogP) is 3.77. The van der Waals surface area contributed by atoms with Crippen LogP contribution in [0.4, 0.5) is 17.6 Å². The highest BCUT2D eigenvalue weighted by molar-refractivity contribution is 5.29. The van der Waals surface area contributed by atoms with E-state index < -0.39 is 23.6 Å². The van der Waals surface area contributed by atoms with Gasteiger partial charge >= 0.3 is 6.18 Å². The number of rotatable bonds is 4. The number of halogens is 4. The lowest BCUT2D eigenvalue weighted by Crippen LogP contribution is -2.38. The summed E-state index contributed by atoms with van der Waals surface area (Å²) in [6.45, 7) is 0.136. The van der Waals surface area contributed by atoms with Gasteiger partial charge in [-0.1, -0.05) is 19.3 Å². The molecule has 0 aromatic heterocycles. The summed E-state index contributed by atoms with van der Waals surface area (Å²) in [4.78, 5) is 0. The molecule has 1 saturated carbocycles. The highest BCUT2D eigenvalue weighted by Crippen LogP contribution is 2.32. The predicted molar refractivity (Wildman–Crippen MR) is 73.2 cm³/mol. The first-order valence-corrected chi connectivity index (χ1v) is 7.24. The summed E-state index contributed by atoms with van der Waals surface area (Å²) < 4.78 is 51.7. The Morgan fingerprint density at radius 1 is 1.14 bits per heavy atom. The van der Waals surface area contributed by atoms with Crippen LogP contribution in [0.2, 0.25) is 0 Å². The second-order valence-corrected chi connectivity index (χ2v) is 5.56. The Balaban J connectivity index is 2.18. The maximum Gasteiger partial charge on any atom is 0.416 e. The van der Waals surface area contributed by atoms with E-state index in [1.165, 1.54) is 6.42 Å². The van der Waals surface area contributed by atoms with E-state index in [0.717, 1.165) is 37.8 Å². The third-order valence-electron chi connectivity index (χ3n) is 3.93. The summed E-state index contributed by atoms with van der Waals surface area (Å²) in [5, 5.41) is 3.27. The molecule has 1 aromatic carbocycles. The van der Waals surface area contributed by atoms with E-state index in [4.69, 9.17) is 5.73 Å². The SMILES string of the molecule is NCC(NC1CCCCC1)c1cc(F)cc(C(F)(F)F)c1. The molecule has 0 radical (unpaired) electrons. The van der Waals surface area contributed by atoms with Crippen molar-refractivity contribution in [2.75, 3.05) is 6.54 Å². The van der Waals surface area contributed by atoms with Crippen LogP contribution in [0.5, 0.6) is 0 Å². The van der Waals surface area contributed by atoms with Gasteiger partial charge in [-0.05, 0) is 36.6 Å². The number of nitrogens with one attached hydrogen (secondary N) is 1. The summed E-state index contributed by atoms with van der Waals surface area (Å²) in [6.07, 6.45) is 0.804. The standard InChI is InChI=1S/C15H20F4N2/c16-12-7-10(6-11(8-12)15(17,18)19)14(9-20)21-13-4-2-1-3-5-13/h6-8,13-14,21H,1-5,9,20H2. The van der Waals surface area contributed by atoms with Crippen molar-refractivity contribution in [2.45, 2.75) is 50.4 Å². The highest BCUT2D eigenvalue weighted by atomic mass is 19.4. The second-order valence-electron chi connectivity index (χ2n) is 5.56. The van der Waals surface area contributed by atoms with Crippen molar-refractivity contribution >= 4 is 0 Å². The van der Waals surface area contributed by atoms with Crippen LogP contribution in [0.1, 0.15) is 49.3 Å². The Bertz CT molecular complexity index is 467. The second kappa shape index (κ2) is 6.75. The molecule has 0 saturated heterocycles. The summed E-state index contributed by atoms with van der Waals surface area (Å²) >= 11 is 0. The van der Waals surface area contributed by atoms with E-state index >= 15 is 0 Å². The Labute approximate surface area is 121 Å². The normalized spacial score (nSPS) is 18.7. The van der Waals surface area contributed by atoms with Gasteiger partial charge in [0.2, 0.25) is 0 Å². The molecule has 21 heavy (non-hydrogen) atoms. The van der Waals surface area contributed by atoms with Crippen LogP contribution in [0.15, 0.2) is 18.2 Å². The van der Waals surface area contributed by atoms with Crippen LogP contribution in [0.3, 0.4) is 0 Å². The van der Waals surface area contributed by atoms with Gasteiger partial charge in [-0.3, -0.25) is 0 Å². The molecule has 2 nitrogen and oxygen atoms in total. The fourth-order valence-corrected chi connectivity index (χ4v) is 2.83. The number of alkyl halides is 3. The fraction of sp³-hybridized carbons (Fsp3) is 0.600. The van der Waals surface area contributed by atoms with Gasteiger partial charge in [0.05, 0.1) is 5.56 Å². The maximum atomic E-state index is 13.5. The fourth-order valence-electron chi connectivity index (χ4n) is 2.83. The van der Waals surface area contributed by atoms with Crippen molar-refractivity contribution in [1.29, 1.82) is 0 Å². The maximum absolute atomic E-state index is 13.5. The molecule has 1 fully saturated rings. The zero-order valence-electron chi connectivity index (χ0n) is 11.7. The van der Waals surface area contributed by atoms with Crippen molar-refractivity contribution in [1.82, 2.24) is 5.32 Å². The minimum atomic E-state index is -4.55. The quantitative estimate of drug-likeness (QED) is 0.831. The van der Waals surface area contributed by atoms with Gasteiger partial charge < -0.3 is 11.1 Å². The minimum absolute atomic E-state index is 0.136. The van der Waals surface area contributed by atoms with E-state index in [2.05, 4.69) is 5.32 Å². The first kappa shape index (κ1) is 16.2. The Morgan fingerprint density at radius 3 is 2.38 bits per heavy atom. The summed E-state index contributed by atoms with van der Waals surface area (Å²) in [5.74, 6) is -0.885. The topological polar surface area (TPSA) is 38.0 Å². The monoisotopic (exact) mass is 304 g/mol. The van der Waals surface area contributed by atoms with Crippen molar-refractivity contribution in [2.24, 2.45) is 5.73 Å². The molecule has 1 atom stereocenters. The molecule has 0 heterocycles. The van der Waals surface area contributed by atoms with Gasteiger partial charge in [-0.2, -0.15) is 13.2 Å². The number of nitrogens with two attached hydrogens (primary N) is 1. The van der Waals surface area contributed by atoms with Gasteiger partial charge in [0.15, 0.2) is 0 Å². The molecule has 0 aliphatic heterocycles. The number of benzene rings is 1. The van der Waals surface area contributed by atoms with Crippen molar-refractivity contribution in [3.8, 4) is 0 Å². The third kappa shape index (κ3) is 4.41. The largest absolute Gasteiger partial charge is 0.416 e. The lowest BCUT2D eigenvalue weighted by atomic mass is 9.93. The van der Waals surface area contributed by atoms with Crippen LogP contribution in [-0.2, 0) is 6.18 Å². The van der Waals surface area contributed by atoms with Crippen LogP contribution < -0.4 is 11.1 Å². The van der Waals surface area contributed by atoms with Gasteiger partial charge in [0, 0.05) is 18.6 Å². The molecule has 0 bridgehead atoms. The van der Waals surface area contributed by atoms with E-state index in [9.17, 15) is 17.6 Å². The zero-order chi connectivity index (χ0) is 15.5. The molecule has 6 heteroatoms. The molecule has 1 aromatic rings. The molecule has 0 amide bonds. The number of hydrogen-bond acceptors (Lipinski definition) is 2. The van der Waals surface area contributed by atoms with Gasteiger partial charge in [-0.25, -0.2) is 4.39 Å². The van der Waals surface area contributed by atoms with E-state index in [1.54, 1.807) is 0 Å². The molecule has 1 unspecified atom stereocenters. The molecular weight excluding hydrogens is 284 g/mol. The minimum Gasteiger partial charge on any atom is -0.329 e. The van der Waals surface area contributed by atoms with Crippen LogP contribution in [-0.4, -0.2) is 12.6 Å². The van der Waals surface area contributed by atoms with E-state index in [1.807, 2.05) is 0 Å². The summed E-state index contributed by atoms with van der Waals surface area (Å²) in [7, 11) is 0. The molecule has 1 aliphatic carbocycles. The van der Waals surface area contributed by atoms with E-state index in [0.29, 0.717) is 6.07 Å². The first-order chi connectivity index (χ1) is 9.90. The summed E-state index contributed by atoms with van der Waals surface area (Å²) in [5.41, 5.74) is 4.95. The molecule has 118 valence electrons. The van der Waals surface area contributed by atoms with Crippen molar-refractivity contribution in [3.05, 3.63) is 35.1 Å². The zero-order valence-corrected chi connectivity index (χ0v) is 11.7. The molecule has 1 aliphatic rings. The summed E-state index contributed by atoms with van der Waals surface area (Å²) in [6, 6.07) is 2.41. The van der Waals surface area contributed by atoms with Crippen molar-refractivity contribution in [3.63, 3.8) is 0 Å². The lowest BCUT2D eigenvalue weighted by molar-refractivity contribution is -0.137. The Morgan fingerprint density at radius 2 is 1.81 bits per heavy atom. The third-order valence-corrected chi connectivity index (χ3v) is 3.93. The van der Waals surface area contributed by atoms with Gasteiger partial charge in [0.1, 0.15) is 5.82 Å². The number of hydrogen-bond donors (Lipinski definition) is 2. The van der Waals surface area contributed by atoms with Crippen molar-refractivity contribution < 1.29 is 17.6 Å². The van der Waals surface area contributed by atoms with Gasteiger partial charge in [0.25, 0.3) is 0 Å². The first-order valence-electron chi connectivity index (χ1n) is 7.24. The average molecular weight is 304 g/mol. The molecular formula is C15H20F4N2. The Hall–Kier alpha value is -1.14. The molecule has 2 rings (SSSR count). The molecule has 3 N–H and O–H groups in total. The molecule has 0 spiro atoms. The van der Waals surface area contributed by atoms with E-state index in [-0.39, 0.29) is 18.2 Å². The average Bonchev–Trinajstić information content (AvgIpc) is 2.44.